The van der Waals surface area contributed by atoms with E-state index in [1.807, 2.05) is 0 Å². The number of hydrogen-bond donors (Lipinski definition) is 4. The van der Waals surface area contributed by atoms with Gasteiger partial charge in [-0.15, -0.1) is 0 Å². The summed E-state index contributed by atoms with van der Waals surface area (Å²) in [5.74, 6) is -19.3. The molecule has 2 aliphatic carbocycles. The molecule has 12 heteroatoms. The Morgan fingerprint density at radius 2 is 0.583 bits per heavy atom. The van der Waals surface area contributed by atoms with Gasteiger partial charge in [-0.05, 0) is 0 Å². The fraction of sp³-hybridized carbons (Fsp3) is 0.167. The highest BCUT2D eigenvalue weighted by Crippen LogP contribution is 2.48. The summed E-state index contributed by atoms with van der Waals surface area (Å²) in [5, 5.41) is 0. The summed E-state index contributed by atoms with van der Waals surface area (Å²) in [7, 11) is 0. The molecule has 0 aromatic rings. The molecule has 4 nitrogen and oxygen atoms in total. The van der Waals surface area contributed by atoms with Crippen molar-refractivity contribution < 1.29 is 35.1 Å². The van der Waals surface area contributed by atoms with E-state index in [9.17, 15) is 35.1 Å². The van der Waals surface area contributed by atoms with Crippen LogP contribution >= 0.6 is 0 Å². The fourth-order valence-corrected chi connectivity index (χ4v) is 1.99. The maximum absolute atomic E-state index is 13.9. The van der Waals surface area contributed by atoms with Crippen LogP contribution in [0.1, 0.15) is 0 Å². The zero-order valence-corrected chi connectivity index (χ0v) is 11.3. The first-order chi connectivity index (χ1) is 10.8. The van der Waals surface area contributed by atoms with Crippen LogP contribution in [0.15, 0.2) is 57.8 Å². The summed E-state index contributed by atoms with van der Waals surface area (Å²) in [6.45, 7) is 0. The van der Waals surface area contributed by atoms with Gasteiger partial charge in [0.05, 0.1) is 11.1 Å². The van der Waals surface area contributed by atoms with Crippen molar-refractivity contribution in [3.05, 3.63) is 57.8 Å². The van der Waals surface area contributed by atoms with E-state index >= 15 is 0 Å². The molecular formula is C12H8F8N4. The van der Waals surface area contributed by atoms with Crippen LogP contribution < -0.4 is 22.9 Å². The largest absolute Gasteiger partial charge is 0.302 e. The number of hydrogen-bond acceptors (Lipinski definition) is 4. The first kappa shape index (κ1) is 18.3. The van der Waals surface area contributed by atoms with E-state index in [1.54, 1.807) is 0 Å². The molecule has 0 aromatic heterocycles. The molecule has 0 spiro atoms. The normalized spacial score (nSPS) is 24.5. The maximum Gasteiger partial charge on any atom is 0.178 e. The molecule has 132 valence electrons. The van der Waals surface area contributed by atoms with Crippen molar-refractivity contribution in [1.29, 1.82) is 0 Å². The second kappa shape index (κ2) is 5.24. The van der Waals surface area contributed by atoms with Gasteiger partial charge in [0, 0.05) is 0 Å². The lowest BCUT2D eigenvalue weighted by Gasteiger charge is -2.30. The van der Waals surface area contributed by atoms with Crippen molar-refractivity contribution in [1.82, 2.24) is 0 Å². The van der Waals surface area contributed by atoms with Gasteiger partial charge < -0.3 is 22.9 Å². The first-order valence-electron chi connectivity index (χ1n) is 5.92. The van der Waals surface area contributed by atoms with Crippen LogP contribution in [-0.4, -0.2) is 11.3 Å². The lowest BCUT2D eigenvalue weighted by Crippen LogP contribution is -2.53. The summed E-state index contributed by atoms with van der Waals surface area (Å²) >= 11 is 0. The average Bonchev–Trinajstić information content (AvgIpc) is 2.51. The third kappa shape index (κ3) is 2.14. The third-order valence-electron chi connectivity index (χ3n) is 3.35. The van der Waals surface area contributed by atoms with Crippen molar-refractivity contribution in [3.8, 4) is 0 Å². The summed E-state index contributed by atoms with van der Waals surface area (Å²) in [6.07, 6.45) is 0. The minimum Gasteiger partial charge on any atom is -0.302 e. The molecule has 0 unspecified atom stereocenters. The number of nitrogens with two attached hydrogens (primary N) is 4. The number of halogens is 8. The Kier molecular flexibility index (Phi) is 4.00. The molecule has 8 N–H and O–H groups in total. The van der Waals surface area contributed by atoms with E-state index in [2.05, 4.69) is 0 Å². The van der Waals surface area contributed by atoms with Crippen molar-refractivity contribution in [3.63, 3.8) is 0 Å². The van der Waals surface area contributed by atoms with Crippen LogP contribution in [0.5, 0.6) is 0 Å². The maximum atomic E-state index is 13.9. The quantitative estimate of drug-likeness (QED) is 0.392. The highest BCUT2D eigenvalue weighted by atomic mass is 19.2. The van der Waals surface area contributed by atoms with E-state index in [-0.39, 0.29) is 0 Å². The molecule has 0 fully saturated rings. The molecular weight excluding hydrogens is 352 g/mol. The lowest BCUT2D eigenvalue weighted by molar-refractivity contribution is 0.326. The lowest BCUT2D eigenvalue weighted by atomic mass is 9.88. The number of rotatable bonds is 0. The van der Waals surface area contributed by atoms with E-state index in [0.717, 1.165) is 0 Å². The van der Waals surface area contributed by atoms with Gasteiger partial charge in [-0.1, -0.05) is 0 Å². The topological polar surface area (TPSA) is 104 Å². The Bertz CT molecular complexity index is 674. The predicted molar refractivity (Wildman–Crippen MR) is 66.2 cm³/mol. The van der Waals surface area contributed by atoms with Crippen molar-refractivity contribution in [2.45, 2.75) is 11.3 Å². The molecule has 24 heavy (non-hydrogen) atoms. The molecule has 0 amide bonds. The van der Waals surface area contributed by atoms with E-state index in [1.165, 1.54) is 0 Å². The van der Waals surface area contributed by atoms with Gasteiger partial charge in [-0.2, -0.15) is 0 Å². The van der Waals surface area contributed by atoms with Crippen LogP contribution in [0.3, 0.4) is 0 Å². The standard InChI is InChI=1S/C12H8F8N4/c13-3-1(4(14)8(18)11(21,22)7(3)17)2-5(15)9(19)12(23,24)10(20)6(2)16/h21-24H2. The van der Waals surface area contributed by atoms with Gasteiger partial charge in [0.15, 0.2) is 57.9 Å². The molecule has 0 aromatic carbocycles. The Balaban J connectivity index is 2.96. The van der Waals surface area contributed by atoms with E-state index in [0.29, 0.717) is 0 Å². The Hall–Kier alpha value is -2.02. The van der Waals surface area contributed by atoms with Crippen LogP contribution in [0.25, 0.3) is 0 Å². The zero-order chi connectivity index (χ0) is 18.8. The van der Waals surface area contributed by atoms with E-state index < -0.39 is 69.1 Å². The second-order valence-electron chi connectivity index (χ2n) is 5.00. The summed E-state index contributed by atoms with van der Waals surface area (Å²) in [5.41, 5.74) is 8.23. The Labute approximate surface area is 128 Å². The molecule has 0 saturated carbocycles. The van der Waals surface area contributed by atoms with Crippen LogP contribution in [0.4, 0.5) is 35.1 Å². The van der Waals surface area contributed by atoms with Crippen molar-refractivity contribution in [2.75, 3.05) is 0 Å². The van der Waals surface area contributed by atoms with Gasteiger partial charge in [-0.25, -0.2) is 35.1 Å². The highest BCUT2D eigenvalue weighted by Gasteiger charge is 2.49. The summed E-state index contributed by atoms with van der Waals surface area (Å²) in [4.78, 5) is 0. The van der Waals surface area contributed by atoms with Crippen LogP contribution in [-0.2, 0) is 0 Å². The number of allylic oxidation sites excluding steroid dienone is 6. The van der Waals surface area contributed by atoms with E-state index in [4.69, 9.17) is 22.9 Å². The van der Waals surface area contributed by atoms with Crippen LogP contribution in [0.2, 0.25) is 0 Å². The second-order valence-corrected chi connectivity index (χ2v) is 5.00. The van der Waals surface area contributed by atoms with Gasteiger partial charge in [0.25, 0.3) is 0 Å². The monoisotopic (exact) mass is 360 g/mol. The molecule has 0 heterocycles. The molecule has 0 bridgehead atoms. The van der Waals surface area contributed by atoms with Gasteiger partial charge in [0.1, 0.15) is 0 Å². The molecule has 0 atom stereocenters. The Morgan fingerprint density at radius 3 is 0.750 bits per heavy atom. The molecule has 2 rings (SSSR count). The molecule has 0 aliphatic heterocycles. The third-order valence-corrected chi connectivity index (χ3v) is 3.35. The van der Waals surface area contributed by atoms with Gasteiger partial charge in [0.2, 0.25) is 0 Å². The SMILES string of the molecule is NC1(N)C(F)=C(F)C(=C2C(F)=C(F)C(N)(N)C(F)=C2F)C(F)=C1F. The summed E-state index contributed by atoms with van der Waals surface area (Å²) in [6, 6.07) is 0. The van der Waals surface area contributed by atoms with Gasteiger partial charge in [-0.3, -0.25) is 0 Å². The van der Waals surface area contributed by atoms with Gasteiger partial charge >= 0.3 is 0 Å². The summed E-state index contributed by atoms with van der Waals surface area (Å²) < 4.78 is 110. The minimum atomic E-state index is -3.41. The minimum absolute atomic E-state index is 2.10. The van der Waals surface area contributed by atoms with Crippen molar-refractivity contribution >= 4 is 0 Å². The molecule has 0 saturated heterocycles. The first-order valence-corrected chi connectivity index (χ1v) is 5.92. The average molecular weight is 360 g/mol. The fourth-order valence-electron chi connectivity index (χ4n) is 1.99. The van der Waals surface area contributed by atoms with Crippen molar-refractivity contribution in [2.24, 2.45) is 22.9 Å². The highest BCUT2D eigenvalue weighted by molar-refractivity contribution is 5.65. The Morgan fingerprint density at radius 1 is 0.417 bits per heavy atom. The predicted octanol–water partition coefficient (Wildman–Crippen LogP) is 2.14. The zero-order valence-electron chi connectivity index (χ0n) is 11.3. The molecule has 0 radical (unpaired) electrons. The smallest absolute Gasteiger partial charge is 0.178 e. The van der Waals surface area contributed by atoms with Crippen LogP contribution in [0, 0.1) is 0 Å². The molecule has 2 aliphatic rings.